The van der Waals surface area contributed by atoms with Gasteiger partial charge in [-0.2, -0.15) is 4.39 Å². The van der Waals surface area contributed by atoms with Crippen LogP contribution < -0.4 is 10.5 Å². The third-order valence-corrected chi connectivity index (χ3v) is 6.11. The van der Waals surface area contributed by atoms with Crippen molar-refractivity contribution in [2.75, 3.05) is 19.8 Å². The standard InChI is InChI=1S/C24H18F2N4O3/c25-18-9-14(13-3-6-31-7-4-13)8-17-21(18)33-20-11-29-19(15-2-1-5-28-22(15)26)10-16(20)24(17)12-32-23(27)30-24/h1-3,5,8-11H,4,6-7,12H2,(H2,27,30)/t24-/m0/s1. The fourth-order valence-electron chi connectivity index (χ4n) is 4.51. The van der Waals surface area contributed by atoms with Gasteiger partial charge in [0.05, 0.1) is 30.7 Å². The third kappa shape index (κ3) is 3.07. The van der Waals surface area contributed by atoms with E-state index >= 15 is 4.39 Å². The molecule has 0 saturated heterocycles. The molecule has 0 fully saturated rings. The Kier molecular flexibility index (Phi) is 4.41. The van der Waals surface area contributed by atoms with Crippen LogP contribution in [0.15, 0.2) is 53.8 Å². The van der Waals surface area contributed by atoms with E-state index < -0.39 is 17.3 Å². The summed E-state index contributed by atoms with van der Waals surface area (Å²) in [5, 5.41) is 0. The fraction of sp³-hybridized carbons (Fsp3) is 0.208. The summed E-state index contributed by atoms with van der Waals surface area (Å²) in [4.78, 5) is 12.6. The van der Waals surface area contributed by atoms with Gasteiger partial charge in [-0.05, 0) is 47.9 Å². The average molecular weight is 448 g/mol. The molecule has 5 heterocycles. The smallest absolute Gasteiger partial charge is 0.283 e. The van der Waals surface area contributed by atoms with Crippen LogP contribution in [0.1, 0.15) is 23.1 Å². The van der Waals surface area contributed by atoms with Gasteiger partial charge in [0.25, 0.3) is 6.02 Å². The second kappa shape index (κ2) is 7.35. The van der Waals surface area contributed by atoms with Crippen LogP contribution in [-0.4, -0.2) is 35.8 Å². The highest BCUT2D eigenvalue weighted by Gasteiger charge is 2.48. The normalized spacial score (nSPS) is 20.9. The molecule has 6 rings (SSSR count). The second-order valence-corrected chi connectivity index (χ2v) is 8.00. The van der Waals surface area contributed by atoms with E-state index in [1.807, 2.05) is 12.1 Å². The number of nitrogens with zero attached hydrogens (tertiary/aromatic N) is 3. The van der Waals surface area contributed by atoms with E-state index in [9.17, 15) is 4.39 Å². The number of hydrogen-bond donors (Lipinski definition) is 1. The average Bonchev–Trinajstić information content (AvgIpc) is 3.23. The number of aliphatic imine (C=N–C) groups is 1. The largest absolute Gasteiger partial charge is 0.462 e. The van der Waals surface area contributed by atoms with Crippen LogP contribution in [0.4, 0.5) is 8.78 Å². The summed E-state index contributed by atoms with van der Waals surface area (Å²) in [5.41, 5.74) is 8.08. The molecule has 0 aliphatic carbocycles. The number of amidine groups is 1. The van der Waals surface area contributed by atoms with Crippen molar-refractivity contribution in [1.29, 1.82) is 0 Å². The van der Waals surface area contributed by atoms with Gasteiger partial charge in [-0.15, -0.1) is 0 Å². The van der Waals surface area contributed by atoms with E-state index in [1.165, 1.54) is 18.5 Å². The highest BCUT2D eigenvalue weighted by Crippen LogP contribution is 2.52. The Bertz CT molecular complexity index is 1360. The quantitative estimate of drug-likeness (QED) is 0.598. The molecule has 3 aliphatic heterocycles. The SMILES string of the molecule is NC1=N[C@@]2(CO1)c1cc(-c3cccnc3F)ncc1Oc1c(F)cc(C3=CCOCC3)cc12. The molecule has 0 bridgehead atoms. The lowest BCUT2D eigenvalue weighted by Crippen LogP contribution is -2.32. The van der Waals surface area contributed by atoms with Crippen LogP contribution in [0.5, 0.6) is 11.5 Å². The molecular weight excluding hydrogens is 430 g/mol. The van der Waals surface area contributed by atoms with Gasteiger partial charge in [0, 0.05) is 17.3 Å². The molecule has 1 aromatic carbocycles. The van der Waals surface area contributed by atoms with Gasteiger partial charge < -0.3 is 19.9 Å². The summed E-state index contributed by atoms with van der Waals surface area (Å²) in [5.74, 6) is -0.831. The number of aromatic nitrogens is 2. The first kappa shape index (κ1) is 19.8. The van der Waals surface area contributed by atoms with Gasteiger partial charge in [0.2, 0.25) is 5.95 Å². The topological polar surface area (TPSA) is 91.9 Å². The maximum absolute atomic E-state index is 15.3. The lowest BCUT2D eigenvalue weighted by Gasteiger charge is -2.34. The summed E-state index contributed by atoms with van der Waals surface area (Å²) in [6.07, 6.45) is 5.40. The number of ether oxygens (including phenoxy) is 3. The minimum Gasteiger partial charge on any atom is -0.462 e. The van der Waals surface area contributed by atoms with Crippen LogP contribution in [0.25, 0.3) is 16.8 Å². The van der Waals surface area contributed by atoms with Crippen molar-refractivity contribution in [3.63, 3.8) is 0 Å². The highest BCUT2D eigenvalue weighted by atomic mass is 19.1. The van der Waals surface area contributed by atoms with E-state index in [0.717, 1.165) is 5.57 Å². The number of rotatable bonds is 2. The molecule has 33 heavy (non-hydrogen) atoms. The van der Waals surface area contributed by atoms with E-state index in [0.29, 0.717) is 47.8 Å². The summed E-state index contributed by atoms with van der Waals surface area (Å²) in [6.45, 7) is 1.08. The number of nitrogens with two attached hydrogens (primary N) is 1. The van der Waals surface area contributed by atoms with Gasteiger partial charge in [-0.25, -0.2) is 14.4 Å². The zero-order valence-electron chi connectivity index (χ0n) is 17.3. The van der Waals surface area contributed by atoms with Crippen LogP contribution >= 0.6 is 0 Å². The van der Waals surface area contributed by atoms with Gasteiger partial charge >= 0.3 is 0 Å². The van der Waals surface area contributed by atoms with Gasteiger partial charge in [0.15, 0.2) is 22.9 Å². The van der Waals surface area contributed by atoms with E-state index in [-0.39, 0.29) is 23.9 Å². The van der Waals surface area contributed by atoms with Crippen molar-refractivity contribution in [1.82, 2.24) is 9.97 Å². The minimum atomic E-state index is -1.16. The second-order valence-electron chi connectivity index (χ2n) is 8.00. The maximum atomic E-state index is 15.3. The van der Waals surface area contributed by atoms with Crippen molar-refractivity contribution in [2.45, 2.75) is 12.0 Å². The third-order valence-electron chi connectivity index (χ3n) is 6.11. The Morgan fingerprint density at radius 2 is 2.00 bits per heavy atom. The summed E-state index contributed by atoms with van der Waals surface area (Å²) < 4.78 is 46.6. The molecule has 7 nitrogen and oxygen atoms in total. The number of benzene rings is 1. The molecule has 1 atom stereocenters. The predicted molar refractivity (Wildman–Crippen MR) is 116 cm³/mol. The van der Waals surface area contributed by atoms with Gasteiger partial charge in [-0.1, -0.05) is 6.08 Å². The molecule has 9 heteroatoms. The Morgan fingerprint density at radius 3 is 2.76 bits per heavy atom. The molecule has 0 amide bonds. The first-order valence-electron chi connectivity index (χ1n) is 10.4. The number of pyridine rings is 2. The Labute approximate surface area is 187 Å². The molecule has 3 aromatic rings. The summed E-state index contributed by atoms with van der Waals surface area (Å²) in [6, 6.07) is 8.16. The lowest BCUT2D eigenvalue weighted by molar-refractivity contribution is 0.161. The van der Waals surface area contributed by atoms with Gasteiger partial charge in [0.1, 0.15) is 6.61 Å². The highest BCUT2D eigenvalue weighted by molar-refractivity contribution is 5.78. The molecule has 3 aliphatic rings. The van der Waals surface area contributed by atoms with Crippen LogP contribution in [0, 0.1) is 11.8 Å². The Hall–Kier alpha value is -3.85. The van der Waals surface area contributed by atoms with Crippen molar-refractivity contribution < 1.29 is 23.0 Å². The number of halogens is 2. The summed E-state index contributed by atoms with van der Waals surface area (Å²) in [7, 11) is 0. The van der Waals surface area contributed by atoms with Crippen molar-refractivity contribution in [3.8, 4) is 22.8 Å². The first-order valence-corrected chi connectivity index (χ1v) is 10.4. The predicted octanol–water partition coefficient (Wildman–Crippen LogP) is 3.92. The van der Waals surface area contributed by atoms with Crippen LogP contribution in [0.3, 0.4) is 0 Å². The molecule has 2 aromatic heterocycles. The van der Waals surface area contributed by atoms with Crippen molar-refractivity contribution in [2.24, 2.45) is 10.7 Å². The summed E-state index contributed by atoms with van der Waals surface area (Å²) >= 11 is 0. The van der Waals surface area contributed by atoms with Crippen LogP contribution in [-0.2, 0) is 15.0 Å². The van der Waals surface area contributed by atoms with E-state index in [4.69, 9.17) is 19.9 Å². The molecule has 0 unspecified atom stereocenters. The number of hydrogen-bond acceptors (Lipinski definition) is 7. The monoisotopic (exact) mass is 448 g/mol. The molecule has 0 radical (unpaired) electrons. The number of fused-ring (bicyclic) bond motifs is 4. The lowest BCUT2D eigenvalue weighted by atomic mass is 9.80. The molecular formula is C24H18F2N4O3. The molecule has 0 saturated carbocycles. The molecule has 1 spiro atoms. The van der Waals surface area contributed by atoms with E-state index in [1.54, 1.807) is 18.2 Å². The molecule has 2 N–H and O–H groups in total. The molecule has 166 valence electrons. The van der Waals surface area contributed by atoms with Crippen LogP contribution in [0.2, 0.25) is 0 Å². The maximum Gasteiger partial charge on any atom is 0.283 e. The Morgan fingerprint density at radius 1 is 1.09 bits per heavy atom. The zero-order chi connectivity index (χ0) is 22.6. The van der Waals surface area contributed by atoms with E-state index in [2.05, 4.69) is 15.0 Å². The zero-order valence-corrected chi connectivity index (χ0v) is 17.3. The Balaban J connectivity index is 1.57. The van der Waals surface area contributed by atoms with Crippen molar-refractivity contribution >= 4 is 11.6 Å². The minimum absolute atomic E-state index is 0.0178. The fourth-order valence-corrected chi connectivity index (χ4v) is 4.51. The van der Waals surface area contributed by atoms with Crippen molar-refractivity contribution in [3.05, 3.63) is 77.3 Å². The van der Waals surface area contributed by atoms with Gasteiger partial charge in [-0.3, -0.25) is 4.98 Å². The first-order chi connectivity index (χ1) is 16.0.